The molecule has 3 rings (SSSR count). The number of hydrogen-bond acceptors (Lipinski definition) is 3. The number of urea groups is 1. The molecule has 1 atom stereocenters. The second kappa shape index (κ2) is 6.51. The van der Waals surface area contributed by atoms with Crippen molar-refractivity contribution in [3.8, 4) is 0 Å². The molecule has 2 aromatic rings. The third-order valence-electron chi connectivity index (χ3n) is 3.83. The second-order valence-corrected chi connectivity index (χ2v) is 5.36. The van der Waals surface area contributed by atoms with Crippen LogP contribution in [0.3, 0.4) is 0 Å². The lowest BCUT2D eigenvalue weighted by molar-refractivity contribution is 0.192. The quantitative estimate of drug-likeness (QED) is 0.927. The number of carbonyl (C=O) groups is 1. The number of benzene rings is 1. The van der Waals surface area contributed by atoms with Crippen molar-refractivity contribution in [2.45, 2.75) is 18.8 Å². The predicted molar refractivity (Wildman–Crippen MR) is 81.0 cm³/mol. The van der Waals surface area contributed by atoms with Gasteiger partial charge < -0.3 is 10.2 Å². The van der Waals surface area contributed by atoms with Crippen molar-refractivity contribution in [2.24, 2.45) is 0 Å². The summed E-state index contributed by atoms with van der Waals surface area (Å²) in [6, 6.07) is 7.50. The number of piperidine rings is 1. The maximum atomic E-state index is 12.9. The number of carbonyl (C=O) groups excluding carboxylic acids is 1. The van der Waals surface area contributed by atoms with Crippen LogP contribution in [0.2, 0.25) is 0 Å². The molecular weight excluding hydrogens is 283 g/mol. The summed E-state index contributed by atoms with van der Waals surface area (Å²) in [6.45, 7) is 1.35. The summed E-state index contributed by atoms with van der Waals surface area (Å²) in [5.74, 6) is -0.0875. The highest BCUT2D eigenvalue weighted by molar-refractivity contribution is 5.89. The molecule has 6 heteroatoms. The van der Waals surface area contributed by atoms with Crippen LogP contribution in [-0.4, -0.2) is 34.0 Å². The van der Waals surface area contributed by atoms with Crippen molar-refractivity contribution in [1.82, 2.24) is 14.9 Å². The van der Waals surface area contributed by atoms with Crippen LogP contribution in [-0.2, 0) is 0 Å². The standard InChI is InChI=1S/C16H17FN4O/c17-13-3-5-14(6-4-13)20-16(22)21-9-1-2-12(10-21)15-7-8-18-11-19-15/h3-8,11-12H,1-2,9-10H2,(H,20,22). The molecule has 1 unspecified atom stereocenters. The first-order chi connectivity index (χ1) is 10.7. The van der Waals surface area contributed by atoms with Crippen molar-refractivity contribution >= 4 is 11.7 Å². The molecule has 1 aliphatic rings. The fourth-order valence-corrected chi connectivity index (χ4v) is 2.68. The van der Waals surface area contributed by atoms with Crippen LogP contribution >= 0.6 is 0 Å². The van der Waals surface area contributed by atoms with E-state index >= 15 is 0 Å². The molecule has 22 heavy (non-hydrogen) atoms. The SMILES string of the molecule is O=C(Nc1ccc(F)cc1)N1CCCC(c2ccncn2)C1. The fourth-order valence-electron chi connectivity index (χ4n) is 2.68. The zero-order chi connectivity index (χ0) is 15.4. The minimum atomic E-state index is -0.320. The van der Waals surface area contributed by atoms with Gasteiger partial charge in [0.05, 0.1) is 0 Å². The van der Waals surface area contributed by atoms with E-state index in [4.69, 9.17) is 0 Å². The predicted octanol–water partition coefficient (Wildman–Crippen LogP) is 3.03. The Morgan fingerprint density at radius 2 is 2.09 bits per heavy atom. The Bertz CT molecular complexity index is 632. The Hall–Kier alpha value is -2.50. The molecule has 2 amide bonds. The Balaban J connectivity index is 1.64. The van der Waals surface area contributed by atoms with Crippen LogP contribution in [0, 0.1) is 5.82 Å². The topological polar surface area (TPSA) is 58.1 Å². The largest absolute Gasteiger partial charge is 0.324 e. The molecule has 1 aromatic heterocycles. The Morgan fingerprint density at radius 1 is 1.27 bits per heavy atom. The molecule has 1 aliphatic heterocycles. The van der Waals surface area contributed by atoms with E-state index in [0.29, 0.717) is 18.8 Å². The molecular formula is C16H17FN4O. The van der Waals surface area contributed by atoms with Gasteiger partial charge in [-0.3, -0.25) is 0 Å². The monoisotopic (exact) mass is 300 g/mol. The van der Waals surface area contributed by atoms with Crippen LogP contribution < -0.4 is 5.32 Å². The van der Waals surface area contributed by atoms with Gasteiger partial charge in [-0.15, -0.1) is 0 Å². The Kier molecular flexibility index (Phi) is 4.27. The first-order valence-corrected chi connectivity index (χ1v) is 7.30. The van der Waals surface area contributed by atoms with Crippen molar-refractivity contribution < 1.29 is 9.18 Å². The smallest absolute Gasteiger partial charge is 0.321 e. The Labute approximate surface area is 128 Å². The van der Waals surface area contributed by atoms with E-state index in [-0.39, 0.29) is 17.8 Å². The molecule has 1 aromatic carbocycles. The van der Waals surface area contributed by atoms with Gasteiger partial charge in [0.15, 0.2) is 0 Å². The summed E-state index contributed by atoms with van der Waals surface area (Å²) in [6.07, 6.45) is 5.20. The number of anilines is 1. The van der Waals surface area contributed by atoms with E-state index < -0.39 is 0 Å². The summed E-state index contributed by atoms with van der Waals surface area (Å²) in [5.41, 5.74) is 1.56. The minimum absolute atomic E-state index is 0.162. The van der Waals surface area contributed by atoms with E-state index in [1.807, 2.05) is 6.07 Å². The number of likely N-dealkylation sites (tertiary alicyclic amines) is 1. The molecule has 1 saturated heterocycles. The van der Waals surface area contributed by atoms with Gasteiger partial charge in [0, 0.05) is 36.6 Å². The first-order valence-electron chi connectivity index (χ1n) is 7.30. The molecule has 2 heterocycles. The van der Waals surface area contributed by atoms with Gasteiger partial charge >= 0.3 is 6.03 Å². The summed E-state index contributed by atoms with van der Waals surface area (Å²) >= 11 is 0. The number of hydrogen-bond donors (Lipinski definition) is 1. The number of aromatic nitrogens is 2. The van der Waals surface area contributed by atoms with Crippen LogP contribution in [0.1, 0.15) is 24.5 Å². The van der Waals surface area contributed by atoms with E-state index in [1.165, 1.54) is 18.5 Å². The summed E-state index contributed by atoms with van der Waals surface area (Å²) in [5, 5.41) is 2.80. The van der Waals surface area contributed by atoms with E-state index in [0.717, 1.165) is 18.5 Å². The van der Waals surface area contributed by atoms with Crippen molar-refractivity contribution in [3.63, 3.8) is 0 Å². The van der Waals surface area contributed by atoms with Gasteiger partial charge in [0.1, 0.15) is 12.1 Å². The lowest BCUT2D eigenvalue weighted by Crippen LogP contribution is -2.41. The van der Waals surface area contributed by atoms with Crippen molar-refractivity contribution in [3.05, 3.63) is 54.4 Å². The number of nitrogens with one attached hydrogen (secondary N) is 1. The highest BCUT2D eigenvalue weighted by Gasteiger charge is 2.25. The van der Waals surface area contributed by atoms with Crippen LogP contribution in [0.5, 0.6) is 0 Å². The number of rotatable bonds is 2. The Morgan fingerprint density at radius 3 is 2.82 bits per heavy atom. The third-order valence-corrected chi connectivity index (χ3v) is 3.83. The summed E-state index contributed by atoms with van der Waals surface area (Å²) in [7, 11) is 0. The third kappa shape index (κ3) is 3.39. The molecule has 1 N–H and O–H groups in total. The van der Waals surface area contributed by atoms with Gasteiger partial charge in [-0.05, 0) is 43.2 Å². The van der Waals surface area contributed by atoms with Gasteiger partial charge in [-0.1, -0.05) is 0 Å². The van der Waals surface area contributed by atoms with Crippen LogP contribution in [0.4, 0.5) is 14.9 Å². The highest BCUT2D eigenvalue weighted by Crippen LogP contribution is 2.25. The number of halogens is 1. The van der Waals surface area contributed by atoms with Crippen molar-refractivity contribution in [2.75, 3.05) is 18.4 Å². The normalized spacial score (nSPS) is 18.0. The second-order valence-electron chi connectivity index (χ2n) is 5.36. The minimum Gasteiger partial charge on any atom is -0.324 e. The summed E-state index contributed by atoms with van der Waals surface area (Å²) in [4.78, 5) is 22.3. The maximum Gasteiger partial charge on any atom is 0.321 e. The molecule has 0 radical (unpaired) electrons. The van der Waals surface area contributed by atoms with Gasteiger partial charge in [0.25, 0.3) is 0 Å². The zero-order valence-corrected chi connectivity index (χ0v) is 12.1. The molecule has 0 spiro atoms. The molecule has 1 fully saturated rings. The van der Waals surface area contributed by atoms with Gasteiger partial charge in [-0.25, -0.2) is 19.2 Å². The van der Waals surface area contributed by atoms with Gasteiger partial charge in [0.2, 0.25) is 0 Å². The molecule has 5 nitrogen and oxygen atoms in total. The average Bonchev–Trinajstić information content (AvgIpc) is 2.58. The summed E-state index contributed by atoms with van der Waals surface area (Å²) < 4.78 is 12.9. The van der Waals surface area contributed by atoms with Crippen LogP contribution in [0.15, 0.2) is 42.9 Å². The number of amides is 2. The number of nitrogens with zero attached hydrogens (tertiary/aromatic N) is 3. The average molecular weight is 300 g/mol. The zero-order valence-electron chi connectivity index (χ0n) is 12.1. The molecule has 114 valence electrons. The maximum absolute atomic E-state index is 12.9. The lowest BCUT2D eigenvalue weighted by Gasteiger charge is -2.32. The van der Waals surface area contributed by atoms with E-state index in [9.17, 15) is 9.18 Å². The lowest BCUT2D eigenvalue weighted by atomic mass is 9.95. The highest BCUT2D eigenvalue weighted by atomic mass is 19.1. The fraction of sp³-hybridized carbons (Fsp3) is 0.312. The van der Waals surface area contributed by atoms with Crippen molar-refractivity contribution in [1.29, 1.82) is 0 Å². The molecule has 0 aliphatic carbocycles. The molecule has 0 bridgehead atoms. The van der Waals surface area contributed by atoms with Gasteiger partial charge in [-0.2, -0.15) is 0 Å². The molecule has 0 saturated carbocycles. The van der Waals surface area contributed by atoms with E-state index in [2.05, 4.69) is 15.3 Å². The van der Waals surface area contributed by atoms with E-state index in [1.54, 1.807) is 23.2 Å². The first kappa shape index (κ1) is 14.4. The van der Waals surface area contributed by atoms with Crippen LogP contribution in [0.25, 0.3) is 0 Å².